The summed E-state index contributed by atoms with van der Waals surface area (Å²) in [7, 11) is 1.62. The van der Waals surface area contributed by atoms with Crippen LogP contribution in [0.5, 0.6) is 0 Å². The van der Waals surface area contributed by atoms with Gasteiger partial charge < -0.3 is 16.0 Å². The highest BCUT2D eigenvalue weighted by atomic mass is 19.4. The Morgan fingerprint density at radius 3 is 2.39 bits per heavy atom. The summed E-state index contributed by atoms with van der Waals surface area (Å²) >= 11 is 0. The van der Waals surface area contributed by atoms with Crippen molar-refractivity contribution >= 4 is 22.5 Å². The number of nitrogens with zero attached hydrogens (tertiary/aromatic N) is 3. The topological polar surface area (TPSA) is 82.8 Å². The molecule has 0 aliphatic rings. The van der Waals surface area contributed by atoms with Gasteiger partial charge in [-0.25, -0.2) is 9.97 Å². The van der Waals surface area contributed by atoms with Crippen molar-refractivity contribution in [2.45, 2.75) is 13.1 Å². The Morgan fingerprint density at radius 1 is 1.09 bits per heavy atom. The monoisotopic (exact) mass is 321 g/mol. The molecule has 0 spiro atoms. The summed E-state index contributed by atoms with van der Waals surface area (Å²) in [5.74, 6) is -1.45. The zero-order chi connectivity index (χ0) is 16.9. The second-order valence-electron chi connectivity index (χ2n) is 5.36. The molecule has 0 aliphatic heterocycles. The smallest absolute Gasteiger partial charge is 0.399 e. The number of hydrogen-bond acceptors (Lipinski definition) is 4. The summed E-state index contributed by atoms with van der Waals surface area (Å²) in [6.07, 6.45) is -2.96. The Balaban J connectivity index is 2.32. The van der Waals surface area contributed by atoms with Crippen LogP contribution >= 0.6 is 0 Å². The number of halogens is 3. The fraction of sp³-hybridized carbons (Fsp3) is 0.200. The number of rotatable bonds is 1. The van der Waals surface area contributed by atoms with Crippen molar-refractivity contribution in [3.63, 3.8) is 0 Å². The average molecular weight is 321 g/mol. The van der Waals surface area contributed by atoms with E-state index in [9.17, 15) is 13.2 Å². The molecule has 0 radical (unpaired) electrons. The Labute approximate surface area is 129 Å². The summed E-state index contributed by atoms with van der Waals surface area (Å²) in [6, 6.07) is 5.31. The predicted molar refractivity (Wildman–Crippen MR) is 82.5 cm³/mol. The van der Waals surface area contributed by atoms with Gasteiger partial charge in [-0.1, -0.05) is 6.07 Å². The molecule has 0 saturated carbocycles. The minimum absolute atomic E-state index is 0.135. The van der Waals surface area contributed by atoms with E-state index in [4.69, 9.17) is 11.5 Å². The highest BCUT2D eigenvalue weighted by Gasteiger charge is 2.36. The molecular formula is C15H14F3N5. The molecule has 8 heteroatoms. The molecule has 3 aromatic rings. The minimum Gasteiger partial charge on any atom is -0.399 e. The normalized spacial score (nSPS) is 12.0. The zero-order valence-corrected chi connectivity index (χ0v) is 12.4. The van der Waals surface area contributed by atoms with Gasteiger partial charge in [0.1, 0.15) is 11.5 Å². The van der Waals surface area contributed by atoms with Gasteiger partial charge in [0.05, 0.1) is 5.39 Å². The number of hydrogen-bond donors (Lipinski definition) is 2. The standard InChI is InChI=1S/C15H14F3N5/c1-7-5-8(19)3-4-9(7)10-6-23(2)13-11(10)12(20)21-14(22-13)15(16,17)18/h3-6H,19H2,1-2H3,(H2,20,21,22). The molecule has 4 N–H and O–H groups in total. The third-order valence-corrected chi connectivity index (χ3v) is 3.64. The summed E-state index contributed by atoms with van der Waals surface area (Å²) in [5.41, 5.74) is 14.7. The lowest BCUT2D eigenvalue weighted by molar-refractivity contribution is -0.144. The van der Waals surface area contributed by atoms with Crippen LogP contribution in [0.25, 0.3) is 22.2 Å². The second-order valence-corrected chi connectivity index (χ2v) is 5.36. The largest absolute Gasteiger partial charge is 0.451 e. The molecule has 23 heavy (non-hydrogen) atoms. The molecule has 0 amide bonds. The third-order valence-electron chi connectivity index (χ3n) is 3.64. The number of aryl methyl sites for hydroxylation is 2. The van der Waals surface area contributed by atoms with Crippen molar-refractivity contribution in [1.82, 2.24) is 14.5 Å². The predicted octanol–water partition coefficient (Wildman–Crippen LogP) is 3.13. The molecular weight excluding hydrogens is 307 g/mol. The first-order valence-electron chi connectivity index (χ1n) is 6.74. The van der Waals surface area contributed by atoms with Crippen LogP contribution in [0.1, 0.15) is 11.4 Å². The molecule has 0 atom stereocenters. The van der Waals surface area contributed by atoms with Crippen molar-refractivity contribution in [2.75, 3.05) is 11.5 Å². The molecule has 120 valence electrons. The maximum Gasteiger partial charge on any atom is 0.451 e. The number of aromatic nitrogens is 3. The quantitative estimate of drug-likeness (QED) is 0.675. The van der Waals surface area contributed by atoms with Gasteiger partial charge in [-0.15, -0.1) is 0 Å². The summed E-state index contributed by atoms with van der Waals surface area (Å²) in [4.78, 5) is 7.05. The first-order chi connectivity index (χ1) is 10.7. The second kappa shape index (κ2) is 4.87. The molecule has 0 fully saturated rings. The molecule has 0 bridgehead atoms. The number of fused-ring (bicyclic) bond motifs is 1. The zero-order valence-electron chi connectivity index (χ0n) is 12.4. The first-order valence-corrected chi connectivity index (χ1v) is 6.74. The maximum atomic E-state index is 12.9. The third kappa shape index (κ3) is 2.45. The SMILES string of the molecule is Cc1cc(N)ccc1-c1cn(C)c2nc(C(F)(F)F)nc(N)c12. The summed E-state index contributed by atoms with van der Waals surface area (Å²) < 4.78 is 40.1. The van der Waals surface area contributed by atoms with Crippen molar-refractivity contribution in [3.05, 3.63) is 35.8 Å². The van der Waals surface area contributed by atoms with E-state index in [1.54, 1.807) is 31.4 Å². The summed E-state index contributed by atoms with van der Waals surface area (Å²) in [6.45, 7) is 1.87. The van der Waals surface area contributed by atoms with Crippen LogP contribution in [0.2, 0.25) is 0 Å². The number of benzene rings is 1. The van der Waals surface area contributed by atoms with Crippen molar-refractivity contribution < 1.29 is 13.2 Å². The van der Waals surface area contributed by atoms with Gasteiger partial charge in [-0.2, -0.15) is 13.2 Å². The summed E-state index contributed by atoms with van der Waals surface area (Å²) in [5, 5.41) is 0.397. The van der Waals surface area contributed by atoms with Gasteiger partial charge in [0.15, 0.2) is 0 Å². The van der Waals surface area contributed by atoms with Crippen LogP contribution in [0.4, 0.5) is 24.7 Å². The van der Waals surface area contributed by atoms with E-state index < -0.39 is 12.0 Å². The Kier molecular flexibility index (Phi) is 3.20. The molecule has 0 aliphatic carbocycles. The van der Waals surface area contributed by atoms with E-state index in [1.807, 2.05) is 6.92 Å². The molecule has 3 rings (SSSR count). The van der Waals surface area contributed by atoms with E-state index in [0.29, 0.717) is 16.6 Å². The van der Waals surface area contributed by atoms with E-state index in [1.165, 1.54) is 4.57 Å². The van der Waals surface area contributed by atoms with Crippen molar-refractivity contribution in [3.8, 4) is 11.1 Å². The molecule has 5 nitrogen and oxygen atoms in total. The molecule has 2 heterocycles. The Morgan fingerprint density at radius 2 is 1.78 bits per heavy atom. The van der Waals surface area contributed by atoms with Gasteiger partial charge in [0.25, 0.3) is 0 Å². The van der Waals surface area contributed by atoms with Gasteiger partial charge >= 0.3 is 6.18 Å². The van der Waals surface area contributed by atoms with Crippen LogP contribution in [-0.4, -0.2) is 14.5 Å². The van der Waals surface area contributed by atoms with Gasteiger partial charge in [0.2, 0.25) is 5.82 Å². The molecule has 1 aromatic carbocycles. The van der Waals surface area contributed by atoms with E-state index in [0.717, 1.165) is 11.1 Å². The van der Waals surface area contributed by atoms with Crippen LogP contribution < -0.4 is 11.5 Å². The van der Waals surface area contributed by atoms with E-state index in [-0.39, 0.29) is 11.5 Å². The van der Waals surface area contributed by atoms with Crippen LogP contribution in [0, 0.1) is 6.92 Å². The van der Waals surface area contributed by atoms with Crippen LogP contribution in [0.15, 0.2) is 24.4 Å². The first kappa shape index (κ1) is 15.1. The van der Waals surface area contributed by atoms with Crippen molar-refractivity contribution in [1.29, 1.82) is 0 Å². The highest BCUT2D eigenvalue weighted by Crippen LogP contribution is 2.37. The van der Waals surface area contributed by atoms with Gasteiger partial charge in [-0.05, 0) is 30.2 Å². The van der Waals surface area contributed by atoms with Crippen LogP contribution in [-0.2, 0) is 13.2 Å². The Hall–Kier alpha value is -2.77. The number of nitrogens with two attached hydrogens (primary N) is 2. The van der Waals surface area contributed by atoms with Crippen LogP contribution in [0.3, 0.4) is 0 Å². The lowest BCUT2D eigenvalue weighted by atomic mass is 10.0. The van der Waals surface area contributed by atoms with E-state index in [2.05, 4.69) is 9.97 Å². The fourth-order valence-electron chi connectivity index (χ4n) is 2.62. The van der Waals surface area contributed by atoms with Gasteiger partial charge in [0, 0.05) is 24.5 Å². The number of alkyl halides is 3. The highest BCUT2D eigenvalue weighted by molar-refractivity contribution is 6.01. The number of anilines is 2. The minimum atomic E-state index is -4.65. The molecule has 2 aromatic heterocycles. The number of nitrogen functional groups attached to an aromatic ring is 2. The maximum absolute atomic E-state index is 12.9. The average Bonchev–Trinajstić information content (AvgIpc) is 2.75. The molecule has 0 unspecified atom stereocenters. The fourth-order valence-corrected chi connectivity index (χ4v) is 2.62. The van der Waals surface area contributed by atoms with Gasteiger partial charge in [-0.3, -0.25) is 0 Å². The van der Waals surface area contributed by atoms with Crippen molar-refractivity contribution in [2.24, 2.45) is 7.05 Å². The lowest BCUT2D eigenvalue weighted by Gasteiger charge is -2.09. The molecule has 0 saturated heterocycles. The lowest BCUT2D eigenvalue weighted by Crippen LogP contribution is -2.13. The van der Waals surface area contributed by atoms with E-state index >= 15 is 0 Å². The Bertz CT molecular complexity index is 912.